The van der Waals surface area contributed by atoms with Gasteiger partial charge < -0.3 is 14.0 Å². The van der Waals surface area contributed by atoms with Crippen LogP contribution in [0.5, 0.6) is 0 Å². The van der Waals surface area contributed by atoms with Crippen LogP contribution in [0.3, 0.4) is 0 Å². The highest BCUT2D eigenvalue weighted by Gasteiger charge is 2.43. The first kappa shape index (κ1) is 16.3. The fraction of sp³-hybridized carbons (Fsp3) is 0.611. The van der Waals surface area contributed by atoms with E-state index in [1.54, 1.807) is 0 Å². The first-order chi connectivity index (χ1) is 11.7. The molecule has 0 saturated carbocycles. The van der Waals surface area contributed by atoms with Crippen molar-refractivity contribution in [2.45, 2.75) is 32.0 Å². The second kappa shape index (κ2) is 6.96. The molecule has 0 radical (unpaired) electrons. The third-order valence-electron chi connectivity index (χ3n) is 4.92. The summed E-state index contributed by atoms with van der Waals surface area (Å²) < 4.78 is 14.4. The summed E-state index contributed by atoms with van der Waals surface area (Å²) in [5.41, 5.74) is -0.145. The lowest BCUT2D eigenvalue weighted by molar-refractivity contribution is -0.0562. The second-order valence-electron chi connectivity index (χ2n) is 7.10. The van der Waals surface area contributed by atoms with Gasteiger partial charge in [0, 0.05) is 54.2 Å². The maximum atomic E-state index is 6.30. The van der Waals surface area contributed by atoms with Crippen molar-refractivity contribution in [2.24, 2.45) is 5.92 Å². The Kier molecular flexibility index (Phi) is 4.72. The summed E-state index contributed by atoms with van der Waals surface area (Å²) in [7, 11) is 0. The number of nitrogens with zero attached hydrogens (tertiary/aromatic N) is 3. The quantitative estimate of drug-likeness (QED) is 0.852. The Hall–Kier alpha value is -1.21. The average molecular weight is 347 g/mol. The molecule has 5 nitrogen and oxygen atoms in total. The summed E-state index contributed by atoms with van der Waals surface area (Å²) in [6, 6.07) is 4.45. The molecule has 0 amide bonds. The molecule has 130 valence electrons. The molecule has 2 unspecified atom stereocenters. The summed E-state index contributed by atoms with van der Waals surface area (Å²) in [5, 5.41) is 0. The molecule has 0 N–H and O–H groups in total. The van der Waals surface area contributed by atoms with Gasteiger partial charge in [0.1, 0.15) is 5.60 Å². The lowest BCUT2D eigenvalue weighted by Crippen LogP contribution is -2.43. The van der Waals surface area contributed by atoms with Crippen molar-refractivity contribution < 1.29 is 9.47 Å². The minimum absolute atomic E-state index is 0.145. The number of hydrogen-bond donors (Lipinski definition) is 0. The van der Waals surface area contributed by atoms with Crippen LogP contribution in [0.1, 0.15) is 16.2 Å². The lowest BCUT2D eigenvalue weighted by atomic mass is 9.94. The normalized spacial score (nSPS) is 28.5. The van der Waals surface area contributed by atoms with Crippen molar-refractivity contribution in [2.75, 3.05) is 32.9 Å². The molecule has 2 aliphatic rings. The van der Waals surface area contributed by atoms with Gasteiger partial charge in [-0.05, 0) is 25.5 Å². The zero-order chi connectivity index (χ0) is 16.4. The Morgan fingerprint density at radius 2 is 2.38 bits per heavy atom. The standard InChI is InChI=1S/C18H25N3O2S/c1-15-2-3-17(24-15)10-20-6-7-22-13-18(12-20)8-16(11-23-18)9-21-5-4-19-14-21/h2-5,14,16H,6-13H2,1H3. The van der Waals surface area contributed by atoms with Crippen LogP contribution in [0.25, 0.3) is 0 Å². The van der Waals surface area contributed by atoms with E-state index in [2.05, 4.69) is 33.5 Å². The van der Waals surface area contributed by atoms with Crippen molar-refractivity contribution in [3.05, 3.63) is 40.6 Å². The van der Waals surface area contributed by atoms with Crippen LogP contribution in [0.4, 0.5) is 0 Å². The molecule has 2 atom stereocenters. The van der Waals surface area contributed by atoms with E-state index in [-0.39, 0.29) is 5.60 Å². The Balaban J connectivity index is 1.40. The third kappa shape index (κ3) is 3.72. The minimum Gasteiger partial charge on any atom is -0.377 e. The van der Waals surface area contributed by atoms with Gasteiger partial charge >= 0.3 is 0 Å². The first-order valence-electron chi connectivity index (χ1n) is 8.66. The molecule has 2 fully saturated rings. The largest absolute Gasteiger partial charge is 0.377 e. The maximum absolute atomic E-state index is 6.30. The highest BCUT2D eigenvalue weighted by Crippen LogP contribution is 2.34. The van der Waals surface area contributed by atoms with E-state index in [1.165, 1.54) is 9.75 Å². The van der Waals surface area contributed by atoms with E-state index < -0.39 is 0 Å². The fourth-order valence-electron chi connectivity index (χ4n) is 3.87. The van der Waals surface area contributed by atoms with E-state index in [0.29, 0.717) is 12.5 Å². The molecule has 0 bridgehead atoms. The Bertz CT molecular complexity index is 657. The van der Waals surface area contributed by atoms with E-state index in [9.17, 15) is 0 Å². The minimum atomic E-state index is -0.145. The molecule has 4 heterocycles. The van der Waals surface area contributed by atoms with Gasteiger partial charge in [-0.15, -0.1) is 11.3 Å². The lowest BCUT2D eigenvalue weighted by Gasteiger charge is -2.31. The second-order valence-corrected chi connectivity index (χ2v) is 8.47. The molecule has 4 rings (SSSR count). The molecule has 2 aromatic rings. The number of hydrogen-bond acceptors (Lipinski definition) is 5. The van der Waals surface area contributed by atoms with Crippen LogP contribution < -0.4 is 0 Å². The number of thiophene rings is 1. The Morgan fingerprint density at radius 1 is 1.42 bits per heavy atom. The third-order valence-corrected chi connectivity index (χ3v) is 5.90. The molecular formula is C18H25N3O2S. The van der Waals surface area contributed by atoms with Gasteiger partial charge in [0.25, 0.3) is 0 Å². The van der Waals surface area contributed by atoms with E-state index in [0.717, 1.165) is 45.8 Å². The highest BCUT2D eigenvalue weighted by molar-refractivity contribution is 7.11. The molecule has 1 spiro atoms. The Labute approximate surface area is 147 Å². The SMILES string of the molecule is Cc1ccc(CN2CCOCC3(CC(Cn4ccnc4)CO3)C2)s1. The van der Waals surface area contributed by atoms with Gasteiger partial charge in [0.15, 0.2) is 0 Å². The number of aryl methyl sites for hydroxylation is 1. The highest BCUT2D eigenvalue weighted by atomic mass is 32.1. The van der Waals surface area contributed by atoms with Crippen molar-refractivity contribution in [1.29, 1.82) is 0 Å². The summed E-state index contributed by atoms with van der Waals surface area (Å²) in [4.78, 5) is 9.44. The molecular weight excluding hydrogens is 322 g/mol. The molecule has 2 aliphatic heterocycles. The van der Waals surface area contributed by atoms with E-state index >= 15 is 0 Å². The topological polar surface area (TPSA) is 39.5 Å². The monoisotopic (exact) mass is 347 g/mol. The van der Waals surface area contributed by atoms with Crippen LogP contribution in [0.15, 0.2) is 30.9 Å². The summed E-state index contributed by atoms with van der Waals surface area (Å²) >= 11 is 1.89. The van der Waals surface area contributed by atoms with Crippen LogP contribution in [0.2, 0.25) is 0 Å². The smallest absolute Gasteiger partial charge is 0.104 e. The van der Waals surface area contributed by atoms with Gasteiger partial charge in [-0.2, -0.15) is 0 Å². The number of imidazole rings is 1. The van der Waals surface area contributed by atoms with Crippen molar-refractivity contribution in [3.63, 3.8) is 0 Å². The summed E-state index contributed by atoms with van der Waals surface area (Å²) in [6.45, 7) is 8.41. The first-order valence-corrected chi connectivity index (χ1v) is 9.48. The van der Waals surface area contributed by atoms with Crippen LogP contribution in [-0.2, 0) is 22.6 Å². The van der Waals surface area contributed by atoms with Crippen molar-refractivity contribution in [1.82, 2.24) is 14.5 Å². The van der Waals surface area contributed by atoms with Crippen LogP contribution in [-0.4, -0.2) is 53.0 Å². The number of aromatic nitrogens is 2. The van der Waals surface area contributed by atoms with Crippen molar-refractivity contribution in [3.8, 4) is 0 Å². The molecule has 24 heavy (non-hydrogen) atoms. The number of ether oxygens (including phenoxy) is 2. The van der Waals surface area contributed by atoms with Gasteiger partial charge in [-0.1, -0.05) is 0 Å². The number of rotatable bonds is 4. The summed E-state index contributed by atoms with van der Waals surface area (Å²) in [6.07, 6.45) is 6.82. The van der Waals surface area contributed by atoms with Crippen molar-refractivity contribution >= 4 is 11.3 Å². The van der Waals surface area contributed by atoms with Gasteiger partial charge in [-0.25, -0.2) is 4.98 Å². The molecule has 2 saturated heterocycles. The van der Waals surface area contributed by atoms with E-state index in [1.807, 2.05) is 30.1 Å². The summed E-state index contributed by atoms with van der Waals surface area (Å²) in [5.74, 6) is 0.534. The Morgan fingerprint density at radius 3 is 3.17 bits per heavy atom. The molecule has 2 aromatic heterocycles. The van der Waals surface area contributed by atoms with Crippen LogP contribution >= 0.6 is 11.3 Å². The van der Waals surface area contributed by atoms with Gasteiger partial charge in [0.05, 0.1) is 26.1 Å². The zero-order valence-corrected chi connectivity index (χ0v) is 15.0. The van der Waals surface area contributed by atoms with E-state index in [4.69, 9.17) is 9.47 Å². The molecule has 0 aromatic carbocycles. The fourth-order valence-corrected chi connectivity index (χ4v) is 4.80. The van der Waals surface area contributed by atoms with Gasteiger partial charge in [-0.3, -0.25) is 4.90 Å². The maximum Gasteiger partial charge on any atom is 0.104 e. The van der Waals surface area contributed by atoms with Gasteiger partial charge in [0.2, 0.25) is 0 Å². The molecule has 0 aliphatic carbocycles. The average Bonchev–Trinajstić information content (AvgIpc) is 3.25. The zero-order valence-electron chi connectivity index (χ0n) is 14.2. The molecule has 6 heteroatoms. The van der Waals surface area contributed by atoms with Crippen LogP contribution in [0, 0.1) is 12.8 Å². The predicted molar refractivity (Wildman–Crippen MR) is 94.2 cm³/mol. The predicted octanol–water partition coefficient (Wildman–Crippen LogP) is 2.56.